The number of aliphatic hydroxyl groups excluding tert-OH is 1. The number of aliphatic hydroxyl groups is 1. The number of nitrogens with two attached hydrogens (primary N) is 1. The normalized spacial score (nSPS) is 26.5. The van der Waals surface area contributed by atoms with Crippen LogP contribution in [-0.2, 0) is 4.79 Å². The topological polar surface area (TPSA) is 75.4 Å². The second kappa shape index (κ2) is 7.67. The Labute approximate surface area is 104 Å². The molecule has 0 aromatic rings. The molecule has 1 saturated carbocycles. The van der Waals surface area contributed by atoms with Gasteiger partial charge >= 0.3 is 0 Å². The van der Waals surface area contributed by atoms with Crippen molar-refractivity contribution < 1.29 is 9.90 Å². The predicted octanol–water partition coefficient (Wildman–Crippen LogP) is 1.03. The maximum Gasteiger partial charge on any atom is 0.222 e. The summed E-state index contributed by atoms with van der Waals surface area (Å²) in [5.74, 6) is 0.751. The lowest BCUT2D eigenvalue weighted by Gasteiger charge is -2.26. The standard InChI is InChI=1S/C13H26N2O2/c1-10(3-2-8-14)13(17)15-9-11-4-6-12(16)7-5-11/h10-12,16H,2-9,14H2,1H3,(H,15,17). The van der Waals surface area contributed by atoms with E-state index >= 15 is 0 Å². The summed E-state index contributed by atoms with van der Waals surface area (Å²) in [6.07, 6.45) is 5.46. The van der Waals surface area contributed by atoms with Gasteiger partial charge in [0.15, 0.2) is 0 Å². The summed E-state index contributed by atoms with van der Waals surface area (Å²) in [7, 11) is 0. The minimum absolute atomic E-state index is 0.0627. The van der Waals surface area contributed by atoms with Gasteiger partial charge in [0.2, 0.25) is 5.91 Å². The SMILES string of the molecule is CC(CCCN)C(=O)NCC1CCC(O)CC1. The van der Waals surface area contributed by atoms with Crippen LogP contribution in [0.25, 0.3) is 0 Å². The van der Waals surface area contributed by atoms with Crippen LogP contribution in [0.15, 0.2) is 0 Å². The van der Waals surface area contributed by atoms with E-state index in [1.54, 1.807) is 0 Å². The van der Waals surface area contributed by atoms with Crippen LogP contribution in [0.5, 0.6) is 0 Å². The lowest BCUT2D eigenvalue weighted by molar-refractivity contribution is -0.124. The first-order valence-electron chi connectivity index (χ1n) is 6.79. The average molecular weight is 242 g/mol. The highest BCUT2D eigenvalue weighted by Gasteiger charge is 2.20. The third kappa shape index (κ3) is 5.50. The zero-order chi connectivity index (χ0) is 12.7. The lowest BCUT2D eigenvalue weighted by Crippen LogP contribution is -2.35. The van der Waals surface area contributed by atoms with Crippen molar-refractivity contribution in [1.29, 1.82) is 0 Å². The van der Waals surface area contributed by atoms with Gasteiger partial charge in [0.05, 0.1) is 6.10 Å². The zero-order valence-electron chi connectivity index (χ0n) is 10.8. The van der Waals surface area contributed by atoms with E-state index in [-0.39, 0.29) is 17.9 Å². The van der Waals surface area contributed by atoms with Gasteiger partial charge in [-0.25, -0.2) is 0 Å². The zero-order valence-corrected chi connectivity index (χ0v) is 10.8. The molecule has 4 N–H and O–H groups in total. The van der Waals surface area contributed by atoms with Gasteiger partial charge in [-0.3, -0.25) is 4.79 Å². The van der Waals surface area contributed by atoms with Crippen molar-refractivity contribution in [2.45, 2.75) is 51.6 Å². The largest absolute Gasteiger partial charge is 0.393 e. The monoisotopic (exact) mass is 242 g/mol. The van der Waals surface area contributed by atoms with Crippen molar-refractivity contribution in [2.75, 3.05) is 13.1 Å². The highest BCUT2D eigenvalue weighted by molar-refractivity contribution is 5.78. The van der Waals surface area contributed by atoms with Crippen molar-refractivity contribution in [2.24, 2.45) is 17.6 Å². The Morgan fingerprint density at radius 1 is 1.41 bits per heavy atom. The highest BCUT2D eigenvalue weighted by Crippen LogP contribution is 2.23. The average Bonchev–Trinajstić information content (AvgIpc) is 2.34. The Kier molecular flexibility index (Phi) is 6.52. The molecular weight excluding hydrogens is 216 g/mol. The van der Waals surface area contributed by atoms with E-state index in [1.807, 2.05) is 6.92 Å². The summed E-state index contributed by atoms with van der Waals surface area (Å²) >= 11 is 0. The molecule has 4 nitrogen and oxygen atoms in total. The van der Waals surface area contributed by atoms with Gasteiger partial charge < -0.3 is 16.2 Å². The molecule has 1 aliphatic carbocycles. The summed E-state index contributed by atoms with van der Waals surface area (Å²) in [6, 6.07) is 0. The number of nitrogens with one attached hydrogen (secondary N) is 1. The van der Waals surface area contributed by atoms with Gasteiger partial charge in [-0.15, -0.1) is 0 Å². The first-order valence-corrected chi connectivity index (χ1v) is 6.79. The van der Waals surface area contributed by atoms with Crippen molar-refractivity contribution >= 4 is 5.91 Å². The number of carbonyl (C=O) groups is 1. The van der Waals surface area contributed by atoms with Gasteiger partial charge in [0, 0.05) is 12.5 Å². The first kappa shape index (κ1) is 14.5. The molecule has 0 heterocycles. The molecule has 1 atom stereocenters. The molecule has 0 aromatic carbocycles. The van der Waals surface area contributed by atoms with Gasteiger partial charge in [-0.2, -0.15) is 0 Å². The second-order valence-corrected chi connectivity index (χ2v) is 5.25. The van der Waals surface area contributed by atoms with E-state index in [0.717, 1.165) is 45.1 Å². The third-order valence-electron chi connectivity index (χ3n) is 3.67. The summed E-state index contributed by atoms with van der Waals surface area (Å²) in [4.78, 5) is 11.8. The van der Waals surface area contributed by atoms with Crippen LogP contribution in [0.3, 0.4) is 0 Å². The predicted molar refractivity (Wildman–Crippen MR) is 68.4 cm³/mol. The molecule has 1 aliphatic rings. The maximum absolute atomic E-state index is 11.8. The molecule has 0 spiro atoms. The van der Waals surface area contributed by atoms with Gasteiger partial charge in [-0.05, 0) is 51.0 Å². The fourth-order valence-corrected chi connectivity index (χ4v) is 2.32. The van der Waals surface area contributed by atoms with E-state index in [4.69, 9.17) is 5.73 Å². The Balaban J connectivity index is 2.14. The molecule has 0 aromatic heterocycles. The van der Waals surface area contributed by atoms with E-state index in [1.165, 1.54) is 0 Å². The molecule has 17 heavy (non-hydrogen) atoms. The molecule has 100 valence electrons. The Hall–Kier alpha value is -0.610. The molecule has 4 heteroatoms. The van der Waals surface area contributed by atoms with Crippen LogP contribution < -0.4 is 11.1 Å². The quantitative estimate of drug-likeness (QED) is 0.651. The van der Waals surface area contributed by atoms with E-state index < -0.39 is 0 Å². The van der Waals surface area contributed by atoms with Crippen molar-refractivity contribution in [3.05, 3.63) is 0 Å². The molecule has 0 aliphatic heterocycles. The number of rotatable bonds is 6. The minimum Gasteiger partial charge on any atom is -0.393 e. The summed E-state index contributed by atoms with van der Waals surface area (Å²) < 4.78 is 0. The third-order valence-corrected chi connectivity index (χ3v) is 3.67. The summed E-state index contributed by atoms with van der Waals surface area (Å²) in [6.45, 7) is 3.37. The Morgan fingerprint density at radius 2 is 2.06 bits per heavy atom. The van der Waals surface area contributed by atoms with Crippen LogP contribution in [0.1, 0.15) is 45.4 Å². The fraction of sp³-hybridized carbons (Fsp3) is 0.923. The van der Waals surface area contributed by atoms with Crippen molar-refractivity contribution in [3.8, 4) is 0 Å². The summed E-state index contributed by atoms with van der Waals surface area (Å²) in [5.41, 5.74) is 5.43. The molecule has 0 radical (unpaired) electrons. The van der Waals surface area contributed by atoms with Crippen LogP contribution in [0.2, 0.25) is 0 Å². The highest BCUT2D eigenvalue weighted by atomic mass is 16.3. The van der Waals surface area contributed by atoms with Gasteiger partial charge in [-0.1, -0.05) is 6.92 Å². The maximum atomic E-state index is 11.8. The Bertz CT molecular complexity index is 225. The number of carbonyl (C=O) groups excluding carboxylic acids is 1. The molecule has 1 rings (SSSR count). The van der Waals surface area contributed by atoms with Gasteiger partial charge in [0.25, 0.3) is 0 Å². The van der Waals surface area contributed by atoms with Crippen LogP contribution in [0, 0.1) is 11.8 Å². The van der Waals surface area contributed by atoms with Crippen LogP contribution in [0.4, 0.5) is 0 Å². The van der Waals surface area contributed by atoms with E-state index in [9.17, 15) is 9.90 Å². The van der Waals surface area contributed by atoms with Crippen LogP contribution >= 0.6 is 0 Å². The van der Waals surface area contributed by atoms with Crippen molar-refractivity contribution in [3.63, 3.8) is 0 Å². The minimum atomic E-state index is -0.120. The Morgan fingerprint density at radius 3 is 2.65 bits per heavy atom. The number of amides is 1. The van der Waals surface area contributed by atoms with Crippen molar-refractivity contribution in [1.82, 2.24) is 5.32 Å². The molecular formula is C13H26N2O2. The smallest absolute Gasteiger partial charge is 0.222 e. The van der Waals surface area contributed by atoms with Gasteiger partial charge in [0.1, 0.15) is 0 Å². The first-order chi connectivity index (χ1) is 8.13. The molecule has 0 bridgehead atoms. The van der Waals surface area contributed by atoms with Crippen LogP contribution in [-0.4, -0.2) is 30.2 Å². The number of hydrogen-bond acceptors (Lipinski definition) is 3. The van der Waals surface area contributed by atoms with E-state index in [2.05, 4.69) is 5.32 Å². The molecule has 0 saturated heterocycles. The van der Waals surface area contributed by atoms with E-state index in [0.29, 0.717) is 12.5 Å². The second-order valence-electron chi connectivity index (χ2n) is 5.25. The number of hydrogen-bond donors (Lipinski definition) is 3. The fourth-order valence-electron chi connectivity index (χ4n) is 2.32. The molecule has 1 amide bonds. The molecule has 1 fully saturated rings. The summed E-state index contributed by atoms with van der Waals surface area (Å²) in [5, 5.41) is 12.4. The molecule has 1 unspecified atom stereocenters. The lowest BCUT2D eigenvalue weighted by atomic mass is 9.87.